The number of aliphatic hydroxyl groups excluding tert-OH is 1. The number of hydrogen-bond donors (Lipinski definition) is 2. The van der Waals surface area contributed by atoms with Gasteiger partial charge in [0, 0.05) is 17.8 Å². The van der Waals surface area contributed by atoms with E-state index in [4.69, 9.17) is 4.74 Å². The van der Waals surface area contributed by atoms with Gasteiger partial charge in [-0.1, -0.05) is 35.9 Å². The second-order valence-corrected chi connectivity index (χ2v) is 10.2. The van der Waals surface area contributed by atoms with Gasteiger partial charge in [0.05, 0.1) is 10.9 Å². The van der Waals surface area contributed by atoms with Crippen molar-refractivity contribution in [3.05, 3.63) is 59.7 Å². The van der Waals surface area contributed by atoms with Crippen LogP contribution in [0.2, 0.25) is 0 Å². The van der Waals surface area contributed by atoms with Crippen molar-refractivity contribution >= 4 is 21.8 Å². The minimum Gasteiger partial charge on any atom is -0.443 e. The highest BCUT2D eigenvalue weighted by atomic mass is 32.2. The number of nitrogens with zero attached hydrogens (tertiary/aromatic N) is 1. The number of hydrogen-bond acceptors (Lipinski definition) is 6. The Bertz CT molecular complexity index is 1010. The van der Waals surface area contributed by atoms with Crippen molar-refractivity contribution in [2.24, 2.45) is 0 Å². The summed E-state index contributed by atoms with van der Waals surface area (Å²) in [6.07, 6.45) is -1.99. The lowest BCUT2D eigenvalue weighted by Crippen LogP contribution is -2.49. The summed E-state index contributed by atoms with van der Waals surface area (Å²) in [6.45, 7) is 7.24. The first-order chi connectivity index (χ1) is 14.0. The van der Waals surface area contributed by atoms with Crippen LogP contribution in [0.4, 0.5) is 10.5 Å². The van der Waals surface area contributed by atoms with E-state index in [-0.39, 0.29) is 11.3 Å². The molecular formula is C22H28N2O5S. The largest absolute Gasteiger partial charge is 0.443 e. The Kier molecular flexibility index (Phi) is 6.10. The highest BCUT2D eigenvalue weighted by Gasteiger charge is 2.43. The molecule has 0 aliphatic carbocycles. The van der Waals surface area contributed by atoms with Crippen molar-refractivity contribution < 1.29 is 23.1 Å². The van der Waals surface area contributed by atoms with E-state index in [2.05, 4.69) is 5.32 Å². The third-order valence-corrected chi connectivity index (χ3v) is 6.66. The molecule has 2 unspecified atom stereocenters. The molecule has 1 heterocycles. The minimum absolute atomic E-state index is 0.0309. The van der Waals surface area contributed by atoms with Crippen LogP contribution in [-0.4, -0.2) is 42.1 Å². The molecule has 0 fully saturated rings. The molecule has 0 saturated carbocycles. The van der Waals surface area contributed by atoms with E-state index >= 15 is 0 Å². The molecule has 2 atom stereocenters. The summed E-state index contributed by atoms with van der Waals surface area (Å²) < 4.78 is 33.2. The number of fused-ring (bicyclic) bond motifs is 1. The quantitative estimate of drug-likeness (QED) is 0.765. The fourth-order valence-electron chi connectivity index (χ4n) is 3.42. The molecule has 3 rings (SSSR count). The van der Waals surface area contributed by atoms with Gasteiger partial charge in [-0.15, -0.1) is 0 Å². The first-order valence-electron chi connectivity index (χ1n) is 9.85. The molecule has 0 spiro atoms. The minimum atomic E-state index is -4.27. The number of carbonyl (C=O) groups is 1. The molecule has 1 aliphatic rings. The molecule has 1 aliphatic heterocycles. The average Bonchev–Trinajstić information content (AvgIpc) is 2.80. The maximum Gasteiger partial charge on any atom is 0.424 e. The van der Waals surface area contributed by atoms with Gasteiger partial charge in [0.2, 0.25) is 0 Å². The lowest BCUT2D eigenvalue weighted by atomic mass is 10.0. The predicted molar refractivity (Wildman–Crippen MR) is 115 cm³/mol. The van der Waals surface area contributed by atoms with Gasteiger partial charge in [-0.05, 0) is 52.3 Å². The van der Waals surface area contributed by atoms with Crippen LogP contribution in [0.1, 0.15) is 44.4 Å². The van der Waals surface area contributed by atoms with Crippen LogP contribution in [0.15, 0.2) is 53.4 Å². The third-order valence-electron chi connectivity index (χ3n) is 4.85. The number of aryl methyl sites for hydroxylation is 1. The number of amides is 1. The molecule has 0 aromatic heterocycles. The van der Waals surface area contributed by atoms with E-state index < -0.39 is 33.9 Å². The van der Waals surface area contributed by atoms with Crippen molar-refractivity contribution in [1.82, 2.24) is 4.31 Å². The molecule has 2 aromatic carbocycles. The van der Waals surface area contributed by atoms with E-state index in [0.29, 0.717) is 22.1 Å². The SMILES string of the molecule is Cc1ccc(S(=O)(=O)N(C(=O)OC(C)(C)C)C2CCNc3ccccc3C2O)cc1. The van der Waals surface area contributed by atoms with Crippen molar-refractivity contribution in [3.8, 4) is 0 Å². The Balaban J connectivity index is 2.10. The van der Waals surface area contributed by atoms with E-state index in [0.717, 1.165) is 5.56 Å². The smallest absolute Gasteiger partial charge is 0.424 e. The fourth-order valence-corrected chi connectivity index (χ4v) is 4.94. The first-order valence-corrected chi connectivity index (χ1v) is 11.3. The second-order valence-electron chi connectivity index (χ2n) is 8.41. The zero-order valence-electron chi connectivity index (χ0n) is 17.6. The van der Waals surface area contributed by atoms with Gasteiger partial charge in [0.15, 0.2) is 0 Å². The van der Waals surface area contributed by atoms with Crippen LogP contribution < -0.4 is 5.32 Å². The van der Waals surface area contributed by atoms with Gasteiger partial charge in [-0.25, -0.2) is 13.2 Å². The molecule has 0 bridgehead atoms. The third kappa shape index (κ3) is 4.60. The number of rotatable bonds is 3. The van der Waals surface area contributed by atoms with E-state index in [1.165, 1.54) is 12.1 Å². The Morgan fingerprint density at radius 2 is 1.77 bits per heavy atom. The number of benzene rings is 2. The van der Waals surface area contributed by atoms with Gasteiger partial charge in [0.25, 0.3) is 10.0 Å². The molecule has 30 heavy (non-hydrogen) atoms. The highest BCUT2D eigenvalue weighted by molar-refractivity contribution is 7.89. The van der Waals surface area contributed by atoms with Crippen LogP contribution in [0.3, 0.4) is 0 Å². The Morgan fingerprint density at radius 1 is 1.13 bits per heavy atom. The molecule has 2 aromatic rings. The summed E-state index contributed by atoms with van der Waals surface area (Å²) in [4.78, 5) is 13.1. The topological polar surface area (TPSA) is 95.9 Å². The van der Waals surface area contributed by atoms with Crippen LogP contribution in [0, 0.1) is 6.92 Å². The summed E-state index contributed by atoms with van der Waals surface area (Å²) >= 11 is 0. The number of carbonyl (C=O) groups excluding carboxylic acids is 1. The zero-order chi connectivity index (χ0) is 22.1. The summed E-state index contributed by atoms with van der Waals surface area (Å²) in [5, 5.41) is 14.3. The van der Waals surface area contributed by atoms with Gasteiger partial charge in [-0.2, -0.15) is 4.31 Å². The number of sulfonamides is 1. The Morgan fingerprint density at radius 3 is 2.40 bits per heavy atom. The molecule has 1 amide bonds. The van der Waals surface area contributed by atoms with E-state index in [9.17, 15) is 18.3 Å². The second kappa shape index (κ2) is 8.28. The van der Waals surface area contributed by atoms with Gasteiger partial charge >= 0.3 is 6.09 Å². The van der Waals surface area contributed by atoms with Crippen molar-refractivity contribution in [1.29, 1.82) is 0 Å². The predicted octanol–water partition coefficient (Wildman–Crippen LogP) is 3.84. The average molecular weight is 433 g/mol. The van der Waals surface area contributed by atoms with Crippen molar-refractivity contribution in [2.75, 3.05) is 11.9 Å². The Hall–Kier alpha value is -2.58. The molecule has 7 nitrogen and oxygen atoms in total. The number of anilines is 1. The van der Waals surface area contributed by atoms with E-state index in [1.807, 2.05) is 19.1 Å². The summed E-state index contributed by atoms with van der Waals surface area (Å²) in [6, 6.07) is 12.3. The zero-order valence-corrected chi connectivity index (χ0v) is 18.4. The summed E-state index contributed by atoms with van der Waals surface area (Å²) in [5.41, 5.74) is 1.24. The van der Waals surface area contributed by atoms with Crippen LogP contribution >= 0.6 is 0 Å². The lowest BCUT2D eigenvalue weighted by molar-refractivity contribution is 0.0175. The summed E-state index contributed by atoms with van der Waals surface area (Å²) in [5.74, 6) is 0. The standard InChI is InChI=1S/C22H28N2O5S/c1-15-9-11-16(12-10-15)30(27,28)24(21(26)29-22(2,3)4)19-13-14-23-18-8-6-5-7-17(18)20(19)25/h5-12,19-20,23,25H,13-14H2,1-4H3. The van der Waals surface area contributed by atoms with Gasteiger partial charge in [0.1, 0.15) is 11.7 Å². The molecule has 0 radical (unpaired) electrons. The number of ether oxygens (including phenoxy) is 1. The van der Waals surface area contributed by atoms with Crippen LogP contribution in [0.25, 0.3) is 0 Å². The van der Waals surface area contributed by atoms with Crippen LogP contribution in [-0.2, 0) is 14.8 Å². The lowest BCUT2D eigenvalue weighted by Gasteiger charge is -2.34. The monoisotopic (exact) mass is 432 g/mol. The maximum absolute atomic E-state index is 13.5. The molecule has 162 valence electrons. The van der Waals surface area contributed by atoms with Crippen molar-refractivity contribution in [2.45, 2.75) is 56.8 Å². The fraction of sp³-hybridized carbons (Fsp3) is 0.409. The molecule has 8 heteroatoms. The van der Waals surface area contributed by atoms with E-state index in [1.54, 1.807) is 45.0 Å². The van der Waals surface area contributed by atoms with Crippen molar-refractivity contribution in [3.63, 3.8) is 0 Å². The molecule has 2 N–H and O–H groups in total. The molecular weight excluding hydrogens is 404 g/mol. The van der Waals surface area contributed by atoms with Crippen LogP contribution in [0.5, 0.6) is 0 Å². The number of para-hydroxylation sites is 1. The number of nitrogens with one attached hydrogen (secondary N) is 1. The maximum atomic E-state index is 13.5. The number of aliphatic hydroxyl groups is 1. The first kappa shape index (κ1) is 22.1. The summed E-state index contributed by atoms with van der Waals surface area (Å²) in [7, 11) is -4.27. The highest BCUT2D eigenvalue weighted by Crippen LogP contribution is 2.35. The Labute approximate surface area is 177 Å². The van der Waals surface area contributed by atoms with Gasteiger partial charge in [-0.3, -0.25) is 0 Å². The normalized spacial score (nSPS) is 19.2. The molecule has 0 saturated heterocycles. The van der Waals surface area contributed by atoms with Gasteiger partial charge < -0.3 is 15.2 Å².